The fourth-order valence-electron chi connectivity index (χ4n) is 1.28. The number of hydrogen-bond donors (Lipinski definition) is 2. The lowest BCUT2D eigenvalue weighted by Crippen LogP contribution is -2.38. The Hall–Kier alpha value is -0.970. The Morgan fingerprint density at radius 1 is 1.44 bits per heavy atom. The van der Waals surface area contributed by atoms with Crippen LogP contribution in [0.4, 0.5) is 0 Å². The minimum absolute atomic E-state index is 0. The van der Waals surface area contributed by atoms with Crippen LogP contribution in [0.5, 0.6) is 5.75 Å². The Labute approximate surface area is 118 Å². The summed E-state index contributed by atoms with van der Waals surface area (Å²) in [7, 11) is 1.73. The third-order valence-corrected chi connectivity index (χ3v) is 2.40. The van der Waals surface area contributed by atoms with Gasteiger partial charge in [0.25, 0.3) is 0 Å². The van der Waals surface area contributed by atoms with E-state index in [4.69, 9.17) is 16.3 Å². The molecule has 6 heteroatoms. The van der Waals surface area contributed by atoms with E-state index in [0.29, 0.717) is 23.9 Å². The summed E-state index contributed by atoms with van der Waals surface area (Å²) in [6, 6.07) is 7.26. The number of para-hydroxylation sites is 1. The zero-order valence-electron chi connectivity index (χ0n) is 10.4. The van der Waals surface area contributed by atoms with Crippen molar-refractivity contribution in [1.82, 2.24) is 10.6 Å². The Morgan fingerprint density at radius 3 is 2.72 bits per heavy atom. The van der Waals surface area contributed by atoms with E-state index in [0.717, 1.165) is 0 Å². The minimum Gasteiger partial charge on any atom is -0.487 e. The van der Waals surface area contributed by atoms with Crippen molar-refractivity contribution in [2.45, 2.75) is 13.0 Å². The third kappa shape index (κ3) is 6.10. The Kier molecular flexibility index (Phi) is 8.54. The SMILES string of the molecule is CNCC(=O)NCC(C)Oc1ccccc1Cl.Cl. The van der Waals surface area contributed by atoms with E-state index in [1.54, 1.807) is 19.2 Å². The highest BCUT2D eigenvalue weighted by atomic mass is 35.5. The van der Waals surface area contributed by atoms with Gasteiger partial charge in [-0.3, -0.25) is 4.79 Å². The largest absolute Gasteiger partial charge is 0.487 e. The Balaban J connectivity index is 0.00000289. The molecular weight excluding hydrogens is 275 g/mol. The summed E-state index contributed by atoms with van der Waals surface area (Å²) in [5.41, 5.74) is 0. The minimum atomic E-state index is -0.129. The van der Waals surface area contributed by atoms with Crippen LogP contribution in [0.15, 0.2) is 24.3 Å². The van der Waals surface area contributed by atoms with E-state index in [9.17, 15) is 4.79 Å². The molecule has 102 valence electrons. The van der Waals surface area contributed by atoms with Crippen molar-refractivity contribution in [2.75, 3.05) is 20.1 Å². The maximum absolute atomic E-state index is 11.2. The van der Waals surface area contributed by atoms with Crippen LogP contribution in [0.2, 0.25) is 5.02 Å². The summed E-state index contributed by atoms with van der Waals surface area (Å²) >= 11 is 5.96. The van der Waals surface area contributed by atoms with Crippen LogP contribution in [0, 0.1) is 0 Å². The van der Waals surface area contributed by atoms with Gasteiger partial charge in [-0.2, -0.15) is 0 Å². The molecule has 0 fully saturated rings. The van der Waals surface area contributed by atoms with Crippen LogP contribution in [0.25, 0.3) is 0 Å². The average molecular weight is 293 g/mol. The number of amides is 1. The predicted molar refractivity (Wildman–Crippen MR) is 75.7 cm³/mol. The molecule has 0 aliphatic heterocycles. The highest BCUT2D eigenvalue weighted by Crippen LogP contribution is 2.23. The molecule has 1 aromatic carbocycles. The molecule has 1 amide bonds. The van der Waals surface area contributed by atoms with Crippen LogP contribution in [0.1, 0.15) is 6.92 Å². The van der Waals surface area contributed by atoms with E-state index in [-0.39, 0.29) is 24.4 Å². The zero-order chi connectivity index (χ0) is 12.7. The Morgan fingerprint density at radius 2 is 2.11 bits per heavy atom. The average Bonchev–Trinajstić information content (AvgIpc) is 2.30. The second kappa shape index (κ2) is 9.03. The molecule has 4 nitrogen and oxygen atoms in total. The van der Waals surface area contributed by atoms with Crippen molar-refractivity contribution in [2.24, 2.45) is 0 Å². The lowest BCUT2D eigenvalue weighted by molar-refractivity contribution is -0.120. The summed E-state index contributed by atoms with van der Waals surface area (Å²) in [6.07, 6.45) is -0.129. The van der Waals surface area contributed by atoms with Gasteiger partial charge in [-0.1, -0.05) is 23.7 Å². The number of halogens is 2. The molecule has 1 unspecified atom stereocenters. The first-order chi connectivity index (χ1) is 8.13. The van der Waals surface area contributed by atoms with Crippen LogP contribution in [0.3, 0.4) is 0 Å². The van der Waals surface area contributed by atoms with Gasteiger partial charge in [0.15, 0.2) is 0 Å². The van der Waals surface area contributed by atoms with E-state index in [1.807, 2.05) is 19.1 Å². The molecule has 0 aromatic heterocycles. The second-order valence-corrected chi connectivity index (χ2v) is 4.10. The molecule has 0 radical (unpaired) electrons. The third-order valence-electron chi connectivity index (χ3n) is 2.09. The summed E-state index contributed by atoms with van der Waals surface area (Å²) in [4.78, 5) is 11.2. The molecule has 18 heavy (non-hydrogen) atoms. The maximum atomic E-state index is 11.2. The highest BCUT2D eigenvalue weighted by Gasteiger charge is 2.08. The standard InChI is InChI=1S/C12H17ClN2O2.ClH/c1-9(7-15-12(16)8-14-2)17-11-6-4-3-5-10(11)13;/h3-6,9,14H,7-8H2,1-2H3,(H,15,16);1H. The molecule has 0 heterocycles. The van der Waals surface area contributed by atoms with E-state index in [2.05, 4.69) is 10.6 Å². The zero-order valence-corrected chi connectivity index (χ0v) is 12.0. The van der Waals surface area contributed by atoms with Gasteiger partial charge in [0, 0.05) is 0 Å². The predicted octanol–water partition coefficient (Wildman–Crippen LogP) is 1.86. The molecule has 1 rings (SSSR count). The van der Waals surface area contributed by atoms with Crippen molar-refractivity contribution in [1.29, 1.82) is 0 Å². The second-order valence-electron chi connectivity index (χ2n) is 3.69. The smallest absolute Gasteiger partial charge is 0.234 e. The van der Waals surface area contributed by atoms with E-state index in [1.165, 1.54) is 0 Å². The van der Waals surface area contributed by atoms with Gasteiger partial charge in [-0.25, -0.2) is 0 Å². The van der Waals surface area contributed by atoms with Crippen LogP contribution >= 0.6 is 24.0 Å². The number of ether oxygens (including phenoxy) is 1. The van der Waals surface area contributed by atoms with Gasteiger partial charge < -0.3 is 15.4 Å². The Bertz CT molecular complexity index is 375. The van der Waals surface area contributed by atoms with Crippen LogP contribution in [-0.2, 0) is 4.79 Å². The summed E-state index contributed by atoms with van der Waals surface area (Å²) < 4.78 is 5.61. The van der Waals surface area contributed by atoms with Crippen molar-refractivity contribution < 1.29 is 9.53 Å². The number of nitrogens with one attached hydrogen (secondary N) is 2. The molecule has 0 saturated heterocycles. The number of carbonyl (C=O) groups excluding carboxylic acids is 1. The number of rotatable bonds is 6. The van der Waals surface area contributed by atoms with Gasteiger partial charge in [0.05, 0.1) is 18.1 Å². The molecule has 0 saturated carbocycles. The first-order valence-corrected chi connectivity index (χ1v) is 5.83. The highest BCUT2D eigenvalue weighted by molar-refractivity contribution is 6.32. The van der Waals surface area contributed by atoms with Gasteiger partial charge in [0.2, 0.25) is 5.91 Å². The number of benzene rings is 1. The summed E-state index contributed by atoms with van der Waals surface area (Å²) in [5.74, 6) is 0.576. The van der Waals surface area contributed by atoms with Gasteiger partial charge in [-0.05, 0) is 26.1 Å². The topological polar surface area (TPSA) is 50.4 Å². The molecule has 0 aliphatic rings. The van der Waals surface area contributed by atoms with Crippen LogP contribution in [-0.4, -0.2) is 32.1 Å². The molecule has 0 aliphatic carbocycles. The molecule has 1 aromatic rings. The van der Waals surface area contributed by atoms with Crippen molar-refractivity contribution in [3.05, 3.63) is 29.3 Å². The monoisotopic (exact) mass is 292 g/mol. The molecule has 2 N–H and O–H groups in total. The summed E-state index contributed by atoms with van der Waals surface area (Å²) in [5, 5.41) is 6.10. The lowest BCUT2D eigenvalue weighted by atomic mass is 10.3. The lowest BCUT2D eigenvalue weighted by Gasteiger charge is -2.16. The van der Waals surface area contributed by atoms with Crippen molar-refractivity contribution >= 4 is 29.9 Å². The van der Waals surface area contributed by atoms with E-state index >= 15 is 0 Å². The first kappa shape index (κ1) is 17.0. The summed E-state index contributed by atoms with van der Waals surface area (Å²) in [6.45, 7) is 2.63. The number of hydrogen-bond acceptors (Lipinski definition) is 3. The van der Waals surface area contributed by atoms with Crippen molar-refractivity contribution in [3.63, 3.8) is 0 Å². The normalized spacial score (nSPS) is 11.3. The molecular formula is C12H18Cl2N2O2. The number of likely N-dealkylation sites (N-methyl/N-ethyl adjacent to an activating group) is 1. The fourth-order valence-corrected chi connectivity index (χ4v) is 1.46. The van der Waals surface area contributed by atoms with Gasteiger partial charge in [-0.15, -0.1) is 12.4 Å². The van der Waals surface area contributed by atoms with Gasteiger partial charge >= 0.3 is 0 Å². The molecule has 1 atom stereocenters. The fraction of sp³-hybridized carbons (Fsp3) is 0.417. The van der Waals surface area contributed by atoms with Gasteiger partial charge in [0.1, 0.15) is 11.9 Å². The first-order valence-electron chi connectivity index (χ1n) is 5.46. The van der Waals surface area contributed by atoms with E-state index < -0.39 is 0 Å². The van der Waals surface area contributed by atoms with Crippen molar-refractivity contribution in [3.8, 4) is 5.75 Å². The molecule has 0 bridgehead atoms. The quantitative estimate of drug-likeness (QED) is 0.842. The molecule has 0 spiro atoms. The number of carbonyl (C=O) groups is 1. The van der Waals surface area contributed by atoms with Crippen LogP contribution < -0.4 is 15.4 Å². The maximum Gasteiger partial charge on any atom is 0.234 e.